The molecule has 4 heterocycles. The summed E-state index contributed by atoms with van der Waals surface area (Å²) in [5, 5.41) is 37.5. The highest BCUT2D eigenvalue weighted by Gasteiger charge is 2.23. The van der Waals surface area contributed by atoms with Gasteiger partial charge in [-0.3, -0.25) is 4.79 Å². The van der Waals surface area contributed by atoms with Gasteiger partial charge in [-0.2, -0.15) is 15.3 Å². The molecule has 1 aromatic carbocycles. The second kappa shape index (κ2) is 11.1. The zero-order valence-electron chi connectivity index (χ0n) is 20.7. The molecule has 2 aliphatic rings. The predicted octanol–water partition coefficient (Wildman–Crippen LogP) is 2.50. The molecule has 2 aromatic heterocycles. The Morgan fingerprint density at radius 1 is 1.03 bits per heavy atom. The van der Waals surface area contributed by atoms with Crippen LogP contribution in [0.1, 0.15) is 38.5 Å². The fourth-order valence-electron chi connectivity index (χ4n) is 5.31. The third-order valence-corrected chi connectivity index (χ3v) is 7.44. The van der Waals surface area contributed by atoms with Gasteiger partial charge in [-0.25, -0.2) is 10.1 Å². The number of rotatable bonds is 7. The van der Waals surface area contributed by atoms with E-state index in [1.807, 2.05) is 24.3 Å². The van der Waals surface area contributed by atoms with E-state index in [0.717, 1.165) is 63.2 Å². The van der Waals surface area contributed by atoms with Crippen molar-refractivity contribution >= 4 is 34.0 Å². The number of hydrogen-bond acceptors (Lipinski definition) is 10. The van der Waals surface area contributed by atoms with E-state index in [1.54, 1.807) is 0 Å². The van der Waals surface area contributed by atoms with E-state index in [1.165, 1.54) is 6.20 Å². The lowest BCUT2D eigenvalue weighted by atomic mass is 9.93. The molecule has 0 unspecified atom stereocenters. The maximum Gasteiger partial charge on any atom is 0.277 e. The lowest BCUT2D eigenvalue weighted by molar-refractivity contribution is -0.0577. The second-order valence-corrected chi connectivity index (χ2v) is 9.94. The highest BCUT2D eigenvalue weighted by molar-refractivity contribution is 5.90. The summed E-state index contributed by atoms with van der Waals surface area (Å²) in [7, 11) is 0. The molecule has 194 valence electrons. The van der Waals surface area contributed by atoms with Crippen LogP contribution in [0.3, 0.4) is 0 Å². The summed E-state index contributed by atoms with van der Waals surface area (Å²) in [6, 6.07) is 10.3. The van der Waals surface area contributed by atoms with Crippen LogP contribution in [-0.2, 0) is 0 Å². The molecule has 2 aliphatic heterocycles. The van der Waals surface area contributed by atoms with Gasteiger partial charge in [-0.1, -0.05) is 0 Å². The maximum absolute atomic E-state index is 12.6. The van der Waals surface area contributed by atoms with E-state index in [0.29, 0.717) is 47.3 Å². The fourth-order valence-corrected chi connectivity index (χ4v) is 5.31. The van der Waals surface area contributed by atoms with Crippen molar-refractivity contribution in [2.24, 2.45) is 11.8 Å². The molecule has 0 bridgehead atoms. The number of nitrogens with one attached hydrogen (secondary N) is 2. The van der Waals surface area contributed by atoms with Crippen molar-refractivity contribution in [3.05, 3.63) is 40.8 Å². The number of anilines is 4. The number of nitriles is 1. The number of nitrogens with zero attached hydrogens (tertiary/aromatic N) is 6. The molecule has 5 rings (SSSR count). The van der Waals surface area contributed by atoms with Gasteiger partial charge in [-0.15, -0.1) is 0 Å². The summed E-state index contributed by atoms with van der Waals surface area (Å²) < 4.78 is 0. The summed E-state index contributed by atoms with van der Waals surface area (Å²) in [5.41, 5.74) is 2.02. The number of H-pyrrole nitrogens is 1. The average molecular weight is 505 g/mol. The lowest BCUT2D eigenvalue weighted by Crippen LogP contribution is -2.35. The van der Waals surface area contributed by atoms with Gasteiger partial charge in [0.1, 0.15) is 16.7 Å². The topological polar surface area (TPSA) is 154 Å². The molecule has 2 saturated heterocycles. The van der Waals surface area contributed by atoms with Crippen molar-refractivity contribution in [2.45, 2.75) is 44.8 Å². The first kappa shape index (κ1) is 24.9. The summed E-state index contributed by atoms with van der Waals surface area (Å²) in [6.07, 6.45) is 4.97. The van der Waals surface area contributed by atoms with Crippen molar-refractivity contribution in [2.75, 3.05) is 41.3 Å². The number of benzene rings is 1. The molecule has 2 fully saturated rings. The minimum absolute atomic E-state index is 0.335. The number of fused-ring (bicyclic) bond motifs is 1. The molecule has 37 heavy (non-hydrogen) atoms. The quantitative estimate of drug-likeness (QED) is 0.353. The van der Waals surface area contributed by atoms with Gasteiger partial charge in [0, 0.05) is 50.4 Å². The zero-order chi connectivity index (χ0) is 25.8. The van der Waals surface area contributed by atoms with Crippen molar-refractivity contribution < 1.29 is 10.2 Å². The Morgan fingerprint density at radius 3 is 2.38 bits per heavy atom. The summed E-state index contributed by atoms with van der Waals surface area (Å²) >= 11 is 0. The van der Waals surface area contributed by atoms with Crippen LogP contribution >= 0.6 is 0 Å². The first-order chi connectivity index (χ1) is 18.0. The van der Waals surface area contributed by atoms with Crippen LogP contribution in [0.2, 0.25) is 0 Å². The molecule has 0 spiro atoms. The highest BCUT2D eigenvalue weighted by Crippen LogP contribution is 2.30. The van der Waals surface area contributed by atoms with Crippen LogP contribution in [0.4, 0.5) is 23.1 Å². The van der Waals surface area contributed by atoms with E-state index in [-0.39, 0.29) is 5.56 Å². The minimum Gasteiger partial charge on any atom is -0.372 e. The van der Waals surface area contributed by atoms with Crippen LogP contribution in [0.25, 0.3) is 10.9 Å². The average Bonchev–Trinajstić information content (AvgIpc) is 2.90. The second-order valence-electron chi connectivity index (χ2n) is 9.94. The van der Waals surface area contributed by atoms with Crippen molar-refractivity contribution in [3.8, 4) is 6.07 Å². The van der Waals surface area contributed by atoms with Gasteiger partial charge in [0.15, 0.2) is 6.29 Å². The summed E-state index contributed by atoms with van der Waals surface area (Å²) in [5.74, 6) is 1.71. The van der Waals surface area contributed by atoms with Crippen LogP contribution < -0.4 is 20.7 Å². The molecule has 0 amide bonds. The number of aliphatic hydroxyl groups is 2. The molecular formula is C26H32N8O3. The van der Waals surface area contributed by atoms with E-state index >= 15 is 0 Å². The molecular weight excluding hydrogens is 472 g/mol. The van der Waals surface area contributed by atoms with Gasteiger partial charge >= 0.3 is 0 Å². The number of aromatic amines is 1. The van der Waals surface area contributed by atoms with Gasteiger partial charge < -0.3 is 25.3 Å². The van der Waals surface area contributed by atoms with Crippen LogP contribution in [0, 0.1) is 23.2 Å². The maximum atomic E-state index is 12.6. The highest BCUT2D eigenvalue weighted by atomic mass is 16.5. The molecule has 4 N–H and O–H groups in total. The number of hydrogen-bond donors (Lipinski definition) is 4. The molecule has 11 nitrogen and oxygen atoms in total. The molecule has 0 saturated carbocycles. The number of aliphatic hydroxyl groups excluding tert-OH is 1. The third kappa shape index (κ3) is 5.81. The minimum atomic E-state index is -1.24. The van der Waals surface area contributed by atoms with Gasteiger partial charge in [0.05, 0.1) is 12.3 Å². The fraction of sp³-hybridized carbons (Fsp3) is 0.500. The first-order valence-electron chi connectivity index (χ1n) is 12.9. The van der Waals surface area contributed by atoms with Crippen LogP contribution in [0.5, 0.6) is 0 Å². The van der Waals surface area contributed by atoms with Crippen molar-refractivity contribution in [3.63, 3.8) is 0 Å². The Hall–Kier alpha value is -3.75. The monoisotopic (exact) mass is 504 g/mol. The Labute approximate surface area is 214 Å². The summed E-state index contributed by atoms with van der Waals surface area (Å²) in [6.45, 7) is 3.27. The largest absolute Gasteiger partial charge is 0.372 e. The number of aromatic nitrogens is 4. The molecule has 0 atom stereocenters. The van der Waals surface area contributed by atoms with Crippen molar-refractivity contribution in [1.29, 1.82) is 5.26 Å². The predicted molar refractivity (Wildman–Crippen MR) is 141 cm³/mol. The van der Waals surface area contributed by atoms with Crippen molar-refractivity contribution in [1.82, 2.24) is 20.2 Å². The van der Waals surface area contributed by atoms with Gasteiger partial charge in [0.2, 0.25) is 5.95 Å². The Bertz CT molecular complexity index is 1300. The zero-order valence-corrected chi connectivity index (χ0v) is 20.7. The van der Waals surface area contributed by atoms with E-state index < -0.39 is 6.29 Å². The Balaban J connectivity index is 1.33. The van der Waals surface area contributed by atoms with Gasteiger partial charge in [0.25, 0.3) is 5.56 Å². The Kier molecular flexibility index (Phi) is 7.48. The van der Waals surface area contributed by atoms with Crippen LogP contribution in [-0.4, -0.2) is 62.8 Å². The van der Waals surface area contributed by atoms with Gasteiger partial charge in [-0.05, 0) is 61.8 Å². The SMILES string of the molecule is N#CCC1CCN(c2nc(Nc3ccc(N4CCC(CC(O)O)CC4)cc3)c3c(=O)[nH]ncc3n2)CC1. The molecule has 11 heteroatoms. The lowest BCUT2D eigenvalue weighted by Gasteiger charge is -2.34. The molecule has 3 aromatic rings. The first-order valence-corrected chi connectivity index (χ1v) is 12.9. The summed E-state index contributed by atoms with van der Waals surface area (Å²) in [4.78, 5) is 26.4. The van der Waals surface area contributed by atoms with Crippen LogP contribution in [0.15, 0.2) is 35.3 Å². The number of piperidine rings is 2. The van der Waals surface area contributed by atoms with E-state index in [2.05, 4.69) is 36.4 Å². The standard InChI is InChI=1S/C26H32N8O3/c27-10-5-17-6-13-34(14-7-17)26-30-21-16-28-32-25(37)23(21)24(31-26)29-19-1-3-20(4-2-19)33-11-8-18(9-12-33)15-22(35)36/h1-4,16-18,22,35-36H,5-9,11-15H2,(H,32,37)(H,29,30,31). The smallest absolute Gasteiger partial charge is 0.277 e. The molecule has 0 radical (unpaired) electrons. The van der Waals surface area contributed by atoms with E-state index in [9.17, 15) is 15.0 Å². The normalized spacial score (nSPS) is 17.4. The third-order valence-electron chi connectivity index (χ3n) is 7.44. The van der Waals surface area contributed by atoms with E-state index in [4.69, 9.17) is 10.2 Å². The molecule has 0 aliphatic carbocycles. The Morgan fingerprint density at radius 2 is 1.70 bits per heavy atom.